The van der Waals surface area contributed by atoms with Gasteiger partial charge < -0.3 is 10.2 Å². The monoisotopic (exact) mass is 378 g/mol. The number of halogens is 2. The van der Waals surface area contributed by atoms with Gasteiger partial charge in [-0.15, -0.1) is 12.4 Å². The van der Waals surface area contributed by atoms with Crippen molar-refractivity contribution in [1.29, 1.82) is 0 Å². The molecule has 2 saturated heterocycles. The van der Waals surface area contributed by atoms with Crippen LogP contribution in [0.25, 0.3) is 0 Å². The molecule has 5 rings (SSSR count). The molecule has 1 aromatic rings. The van der Waals surface area contributed by atoms with Gasteiger partial charge in [0.1, 0.15) is 5.82 Å². The van der Waals surface area contributed by atoms with Crippen LogP contribution in [0, 0.1) is 11.7 Å². The molecular weight excluding hydrogens is 351 g/mol. The van der Waals surface area contributed by atoms with E-state index in [4.69, 9.17) is 0 Å². The second kappa shape index (κ2) is 6.79. The fourth-order valence-electron chi connectivity index (χ4n) is 6.11. The first-order chi connectivity index (χ1) is 12.1. The number of carbonyl (C=O) groups excluding carboxylic acids is 1. The molecule has 2 unspecified atom stereocenters. The van der Waals surface area contributed by atoms with Crippen LogP contribution < -0.4 is 10.2 Å². The van der Waals surface area contributed by atoms with Crippen molar-refractivity contribution in [3.05, 3.63) is 29.6 Å². The summed E-state index contributed by atoms with van der Waals surface area (Å²) in [6, 6.07) is 6.50. The van der Waals surface area contributed by atoms with Gasteiger partial charge in [0, 0.05) is 36.0 Å². The van der Waals surface area contributed by atoms with Gasteiger partial charge in [-0.1, -0.05) is 18.9 Å². The maximum atomic E-state index is 14.6. The highest BCUT2D eigenvalue weighted by Crippen LogP contribution is 2.51. The number of hydrogen-bond donors (Lipinski definition) is 1. The molecule has 1 aliphatic carbocycles. The molecule has 3 nitrogen and oxygen atoms in total. The molecule has 0 radical (unpaired) electrons. The van der Waals surface area contributed by atoms with Gasteiger partial charge in [0.25, 0.3) is 0 Å². The average Bonchev–Trinajstić information content (AvgIpc) is 3.28. The van der Waals surface area contributed by atoms with Crippen molar-refractivity contribution in [3.63, 3.8) is 0 Å². The maximum Gasteiger partial charge on any atom is 0.227 e. The van der Waals surface area contributed by atoms with Gasteiger partial charge in [0.2, 0.25) is 5.91 Å². The number of fused-ring (bicyclic) bond motifs is 4. The van der Waals surface area contributed by atoms with E-state index in [1.54, 1.807) is 12.1 Å². The van der Waals surface area contributed by atoms with Gasteiger partial charge in [0.15, 0.2) is 0 Å². The molecule has 142 valence electrons. The summed E-state index contributed by atoms with van der Waals surface area (Å²) < 4.78 is 14.6. The van der Waals surface area contributed by atoms with Crippen molar-refractivity contribution in [2.24, 2.45) is 5.92 Å². The molecule has 1 spiro atoms. The summed E-state index contributed by atoms with van der Waals surface area (Å²) in [5.41, 5.74) is 1.55. The third kappa shape index (κ3) is 2.86. The molecule has 2 bridgehead atoms. The van der Waals surface area contributed by atoms with Crippen LogP contribution in [0.2, 0.25) is 0 Å². The summed E-state index contributed by atoms with van der Waals surface area (Å²) in [4.78, 5) is 15.1. The summed E-state index contributed by atoms with van der Waals surface area (Å²) in [6.07, 6.45) is 9.72. The first-order valence-electron chi connectivity index (χ1n) is 10.00. The molecule has 1 amide bonds. The zero-order valence-electron chi connectivity index (χ0n) is 15.2. The predicted octanol–water partition coefficient (Wildman–Crippen LogP) is 4.33. The van der Waals surface area contributed by atoms with Crippen LogP contribution in [0.15, 0.2) is 18.2 Å². The lowest BCUT2D eigenvalue weighted by molar-refractivity contribution is -0.119. The van der Waals surface area contributed by atoms with E-state index < -0.39 is 0 Å². The van der Waals surface area contributed by atoms with Crippen LogP contribution in [0.1, 0.15) is 63.4 Å². The van der Waals surface area contributed by atoms with Crippen molar-refractivity contribution in [2.45, 2.75) is 75.3 Å². The molecule has 26 heavy (non-hydrogen) atoms. The van der Waals surface area contributed by atoms with E-state index in [0.29, 0.717) is 31.0 Å². The highest BCUT2D eigenvalue weighted by atomic mass is 35.5. The first-order valence-corrected chi connectivity index (χ1v) is 10.00. The maximum absolute atomic E-state index is 14.6. The number of piperidine rings is 1. The Balaban J connectivity index is 0.00000168. The number of amides is 1. The van der Waals surface area contributed by atoms with Crippen molar-refractivity contribution in [1.82, 2.24) is 5.32 Å². The van der Waals surface area contributed by atoms with E-state index >= 15 is 0 Å². The largest absolute Gasteiger partial charge is 0.311 e. The van der Waals surface area contributed by atoms with Gasteiger partial charge >= 0.3 is 0 Å². The van der Waals surface area contributed by atoms with E-state index in [9.17, 15) is 9.18 Å². The standard InChI is InChI=1S/C21H27FN2O.ClH/c22-17-4-3-5-18-20(17)21(8-1-2-9-21)13-24(18)19(25)12-14-10-15-6-7-16(11-14)23-15;/h3-5,14-16,23H,1-2,6-13H2;1H. The van der Waals surface area contributed by atoms with Gasteiger partial charge in [-0.25, -0.2) is 4.39 Å². The molecule has 5 heteroatoms. The van der Waals surface area contributed by atoms with Crippen LogP contribution in [0.3, 0.4) is 0 Å². The average molecular weight is 379 g/mol. The smallest absolute Gasteiger partial charge is 0.227 e. The number of nitrogens with one attached hydrogen (secondary N) is 1. The van der Waals surface area contributed by atoms with E-state index in [-0.39, 0.29) is 29.5 Å². The van der Waals surface area contributed by atoms with E-state index in [1.165, 1.54) is 12.8 Å². The van der Waals surface area contributed by atoms with Crippen LogP contribution in [0.4, 0.5) is 10.1 Å². The van der Waals surface area contributed by atoms with Gasteiger partial charge in [0.05, 0.1) is 5.69 Å². The number of rotatable bonds is 2. The van der Waals surface area contributed by atoms with Gasteiger partial charge in [-0.05, 0) is 56.6 Å². The van der Waals surface area contributed by atoms with Crippen LogP contribution >= 0.6 is 12.4 Å². The zero-order valence-corrected chi connectivity index (χ0v) is 16.0. The Bertz CT molecular complexity index is 691. The van der Waals surface area contributed by atoms with Crippen LogP contribution in [-0.2, 0) is 10.2 Å². The summed E-state index contributed by atoms with van der Waals surface area (Å²) in [5, 5.41) is 3.65. The number of anilines is 1. The quantitative estimate of drug-likeness (QED) is 0.830. The lowest BCUT2D eigenvalue weighted by Gasteiger charge is -2.30. The number of hydrogen-bond acceptors (Lipinski definition) is 2. The molecule has 1 N–H and O–H groups in total. The summed E-state index contributed by atoms with van der Waals surface area (Å²) in [6.45, 7) is 0.694. The molecule has 2 atom stereocenters. The number of benzene rings is 1. The number of carbonyl (C=O) groups is 1. The number of nitrogens with zero attached hydrogens (tertiary/aromatic N) is 1. The fraction of sp³-hybridized carbons (Fsp3) is 0.667. The minimum atomic E-state index is -0.122. The SMILES string of the molecule is Cl.O=C(CC1CC2CCC(C1)N2)N1CC2(CCCC2)c2c(F)cccc21. The van der Waals surface area contributed by atoms with E-state index in [1.807, 2.05) is 11.0 Å². The van der Waals surface area contributed by atoms with Crippen LogP contribution in [-0.4, -0.2) is 24.5 Å². The van der Waals surface area contributed by atoms with Crippen LogP contribution in [0.5, 0.6) is 0 Å². The van der Waals surface area contributed by atoms with Gasteiger partial charge in [-0.3, -0.25) is 4.79 Å². The second-order valence-electron chi connectivity index (χ2n) is 8.78. The van der Waals surface area contributed by atoms with Crippen molar-refractivity contribution < 1.29 is 9.18 Å². The van der Waals surface area contributed by atoms with Gasteiger partial charge in [-0.2, -0.15) is 0 Å². The third-order valence-corrected chi connectivity index (χ3v) is 7.17. The fourth-order valence-corrected chi connectivity index (χ4v) is 6.11. The van der Waals surface area contributed by atoms with E-state index in [2.05, 4.69) is 5.32 Å². The molecule has 4 aliphatic rings. The van der Waals surface area contributed by atoms with Crippen molar-refractivity contribution in [2.75, 3.05) is 11.4 Å². The third-order valence-electron chi connectivity index (χ3n) is 7.17. The normalized spacial score (nSPS) is 31.1. The highest BCUT2D eigenvalue weighted by Gasteiger charge is 2.48. The highest BCUT2D eigenvalue weighted by molar-refractivity contribution is 5.96. The molecule has 1 saturated carbocycles. The molecule has 1 aromatic carbocycles. The topological polar surface area (TPSA) is 32.3 Å². The predicted molar refractivity (Wildman–Crippen MR) is 103 cm³/mol. The first kappa shape index (κ1) is 18.2. The van der Waals surface area contributed by atoms with Crippen molar-refractivity contribution >= 4 is 24.0 Å². The Hall–Kier alpha value is -1.13. The zero-order chi connectivity index (χ0) is 17.0. The minimum absolute atomic E-state index is 0. The van der Waals surface area contributed by atoms with Crippen molar-refractivity contribution in [3.8, 4) is 0 Å². The Morgan fingerprint density at radius 2 is 1.88 bits per heavy atom. The molecule has 3 heterocycles. The molecule has 0 aromatic heterocycles. The minimum Gasteiger partial charge on any atom is -0.311 e. The molecule has 3 fully saturated rings. The Morgan fingerprint density at radius 1 is 1.19 bits per heavy atom. The summed E-state index contributed by atoms with van der Waals surface area (Å²) in [7, 11) is 0. The lowest BCUT2D eigenvalue weighted by Crippen LogP contribution is -2.41. The second-order valence-corrected chi connectivity index (χ2v) is 8.78. The molecule has 3 aliphatic heterocycles. The Kier molecular flexibility index (Phi) is 4.77. The summed E-state index contributed by atoms with van der Waals surface area (Å²) >= 11 is 0. The Labute approximate surface area is 161 Å². The lowest BCUT2D eigenvalue weighted by atomic mass is 9.80. The van der Waals surface area contributed by atoms with E-state index in [0.717, 1.165) is 49.8 Å². The Morgan fingerprint density at radius 3 is 2.58 bits per heavy atom. The summed E-state index contributed by atoms with van der Waals surface area (Å²) in [5.74, 6) is 0.583. The molecular formula is C21H28ClFN2O.